The van der Waals surface area contributed by atoms with Crippen LogP contribution >= 0.6 is 11.7 Å². The van der Waals surface area contributed by atoms with Gasteiger partial charge in [0.1, 0.15) is 12.7 Å². The Balaban J connectivity index is 1.99. The molecule has 0 aromatic carbocycles. The third-order valence-electron chi connectivity index (χ3n) is 4.50. The number of methoxy groups -OCH3 is 1. The summed E-state index contributed by atoms with van der Waals surface area (Å²) in [6, 6.07) is 0. The minimum absolute atomic E-state index is 0.0379. The molecule has 0 amide bonds. The van der Waals surface area contributed by atoms with Gasteiger partial charge in [-0.1, -0.05) is 0 Å². The largest absolute Gasteiger partial charge is 0.472 e. The summed E-state index contributed by atoms with van der Waals surface area (Å²) in [4.78, 5) is 4.61. The molecule has 0 saturated carbocycles. The summed E-state index contributed by atoms with van der Waals surface area (Å²) in [6.07, 6.45) is -0.0484. The molecule has 1 fully saturated rings. The van der Waals surface area contributed by atoms with Crippen molar-refractivity contribution in [1.29, 1.82) is 0 Å². The molecule has 1 atom stereocenters. The van der Waals surface area contributed by atoms with E-state index < -0.39 is 0 Å². The Bertz CT molecular complexity index is 533. The van der Waals surface area contributed by atoms with Crippen LogP contribution in [0.2, 0.25) is 0 Å². The number of morpholine rings is 1. The SMILES string of the molecule is CO[C@H](COc1nsnc1N1CCOCC1)CN(C(C)(C)C)C(C)(C)C. The van der Waals surface area contributed by atoms with Crippen molar-refractivity contribution in [2.45, 2.75) is 58.7 Å². The molecule has 0 spiro atoms. The minimum atomic E-state index is -0.0484. The van der Waals surface area contributed by atoms with E-state index in [1.807, 2.05) is 0 Å². The van der Waals surface area contributed by atoms with Crippen molar-refractivity contribution in [3.05, 3.63) is 0 Å². The molecule has 0 radical (unpaired) electrons. The first kappa shape index (κ1) is 21.3. The molecule has 1 aromatic rings. The second kappa shape index (κ2) is 8.82. The number of aromatic nitrogens is 2. The van der Waals surface area contributed by atoms with E-state index in [4.69, 9.17) is 14.2 Å². The van der Waals surface area contributed by atoms with Gasteiger partial charge in [0.25, 0.3) is 5.88 Å². The number of hydrogen-bond acceptors (Lipinski definition) is 8. The van der Waals surface area contributed by atoms with Crippen molar-refractivity contribution in [2.75, 3.05) is 51.5 Å². The van der Waals surface area contributed by atoms with Gasteiger partial charge in [-0.15, -0.1) is 4.37 Å². The molecular formula is C18H34N4O3S. The predicted molar refractivity (Wildman–Crippen MR) is 105 cm³/mol. The van der Waals surface area contributed by atoms with Gasteiger partial charge in [0, 0.05) is 37.8 Å². The van der Waals surface area contributed by atoms with Crippen LogP contribution in [0, 0.1) is 0 Å². The van der Waals surface area contributed by atoms with E-state index >= 15 is 0 Å². The molecule has 2 heterocycles. The fourth-order valence-electron chi connectivity index (χ4n) is 3.36. The number of rotatable bonds is 7. The van der Waals surface area contributed by atoms with Gasteiger partial charge in [-0.05, 0) is 41.5 Å². The molecule has 0 unspecified atom stereocenters. The molecule has 26 heavy (non-hydrogen) atoms. The van der Waals surface area contributed by atoms with Crippen molar-refractivity contribution in [1.82, 2.24) is 13.6 Å². The number of anilines is 1. The third kappa shape index (κ3) is 5.77. The molecular weight excluding hydrogens is 352 g/mol. The minimum Gasteiger partial charge on any atom is -0.472 e. The van der Waals surface area contributed by atoms with Gasteiger partial charge >= 0.3 is 0 Å². The van der Waals surface area contributed by atoms with Gasteiger partial charge < -0.3 is 19.1 Å². The van der Waals surface area contributed by atoms with Crippen LogP contribution in [-0.2, 0) is 9.47 Å². The van der Waals surface area contributed by atoms with Gasteiger partial charge in [0.2, 0.25) is 5.82 Å². The Morgan fingerprint density at radius 2 is 1.73 bits per heavy atom. The Kier molecular flexibility index (Phi) is 7.24. The molecule has 7 nitrogen and oxygen atoms in total. The van der Waals surface area contributed by atoms with Crippen LogP contribution in [0.5, 0.6) is 5.88 Å². The first-order chi connectivity index (χ1) is 12.1. The summed E-state index contributed by atoms with van der Waals surface area (Å²) < 4.78 is 25.9. The Morgan fingerprint density at radius 1 is 1.12 bits per heavy atom. The predicted octanol–water partition coefficient (Wildman–Crippen LogP) is 2.67. The van der Waals surface area contributed by atoms with Crippen LogP contribution in [0.25, 0.3) is 0 Å². The highest BCUT2D eigenvalue weighted by Crippen LogP contribution is 2.28. The molecule has 8 heteroatoms. The van der Waals surface area contributed by atoms with Crippen LogP contribution in [0.4, 0.5) is 5.82 Å². The summed E-state index contributed by atoms with van der Waals surface area (Å²) >= 11 is 1.18. The number of hydrogen-bond donors (Lipinski definition) is 0. The average Bonchev–Trinajstić information content (AvgIpc) is 3.02. The maximum absolute atomic E-state index is 6.01. The Labute approximate surface area is 161 Å². The summed E-state index contributed by atoms with van der Waals surface area (Å²) in [5, 5.41) is 0. The second-order valence-corrected chi connectivity index (χ2v) is 9.14. The first-order valence-corrected chi connectivity index (χ1v) is 9.94. The van der Waals surface area contributed by atoms with E-state index in [9.17, 15) is 0 Å². The maximum atomic E-state index is 6.01. The maximum Gasteiger partial charge on any atom is 0.270 e. The molecule has 150 valence electrons. The van der Waals surface area contributed by atoms with Crippen LogP contribution in [-0.4, -0.2) is 77.4 Å². The molecule has 0 N–H and O–H groups in total. The fourth-order valence-corrected chi connectivity index (χ4v) is 3.88. The van der Waals surface area contributed by atoms with Gasteiger partial charge in [-0.25, -0.2) is 0 Å². The number of nitrogens with zero attached hydrogens (tertiary/aromatic N) is 4. The van der Waals surface area contributed by atoms with Crippen molar-refractivity contribution < 1.29 is 14.2 Å². The van der Waals surface area contributed by atoms with Gasteiger partial charge in [-0.2, -0.15) is 4.37 Å². The lowest BCUT2D eigenvalue weighted by Gasteiger charge is -2.46. The molecule has 1 aromatic heterocycles. The van der Waals surface area contributed by atoms with Crippen LogP contribution in [0.3, 0.4) is 0 Å². The highest BCUT2D eigenvalue weighted by molar-refractivity contribution is 6.99. The lowest BCUT2D eigenvalue weighted by atomic mass is 9.95. The summed E-state index contributed by atoms with van der Waals surface area (Å²) in [7, 11) is 1.74. The lowest BCUT2D eigenvalue weighted by Crippen LogP contribution is -2.56. The van der Waals surface area contributed by atoms with Crippen LogP contribution in [0.15, 0.2) is 0 Å². The van der Waals surface area contributed by atoms with Crippen molar-refractivity contribution in [3.8, 4) is 5.88 Å². The molecule has 1 aliphatic heterocycles. The summed E-state index contributed by atoms with van der Waals surface area (Å²) in [5.41, 5.74) is 0.0757. The fraction of sp³-hybridized carbons (Fsp3) is 0.889. The zero-order valence-electron chi connectivity index (χ0n) is 17.2. The zero-order valence-corrected chi connectivity index (χ0v) is 18.1. The van der Waals surface area contributed by atoms with Crippen molar-refractivity contribution in [2.24, 2.45) is 0 Å². The zero-order chi connectivity index (χ0) is 19.4. The normalized spacial score (nSPS) is 17.6. The van der Waals surface area contributed by atoms with E-state index in [1.165, 1.54) is 11.7 Å². The van der Waals surface area contributed by atoms with Gasteiger partial charge in [0.05, 0.1) is 24.9 Å². The average molecular weight is 387 g/mol. The number of ether oxygens (including phenoxy) is 3. The first-order valence-electron chi connectivity index (χ1n) is 9.21. The Morgan fingerprint density at radius 3 is 2.27 bits per heavy atom. The third-order valence-corrected chi connectivity index (χ3v) is 5.00. The molecule has 2 rings (SSSR count). The van der Waals surface area contributed by atoms with Crippen LogP contribution in [0.1, 0.15) is 41.5 Å². The van der Waals surface area contributed by atoms with E-state index in [2.05, 4.69) is 60.1 Å². The van der Waals surface area contributed by atoms with Gasteiger partial charge in [-0.3, -0.25) is 4.90 Å². The highest BCUT2D eigenvalue weighted by atomic mass is 32.1. The lowest BCUT2D eigenvalue weighted by molar-refractivity contribution is -0.0341. The van der Waals surface area contributed by atoms with E-state index in [0.717, 1.165) is 25.5 Å². The molecule has 0 bridgehead atoms. The van der Waals surface area contributed by atoms with Crippen molar-refractivity contribution >= 4 is 17.5 Å². The summed E-state index contributed by atoms with van der Waals surface area (Å²) in [5.74, 6) is 1.41. The monoisotopic (exact) mass is 386 g/mol. The quantitative estimate of drug-likeness (QED) is 0.714. The van der Waals surface area contributed by atoms with Crippen LogP contribution < -0.4 is 9.64 Å². The Hall–Kier alpha value is -0.960. The van der Waals surface area contributed by atoms with E-state index in [0.29, 0.717) is 25.7 Å². The highest BCUT2D eigenvalue weighted by Gasteiger charge is 2.33. The second-order valence-electron chi connectivity index (χ2n) is 8.61. The summed E-state index contributed by atoms with van der Waals surface area (Å²) in [6.45, 7) is 17.7. The molecule has 1 saturated heterocycles. The van der Waals surface area contributed by atoms with E-state index in [1.54, 1.807) is 7.11 Å². The molecule has 0 aliphatic carbocycles. The van der Waals surface area contributed by atoms with E-state index in [-0.39, 0.29) is 17.2 Å². The topological polar surface area (TPSA) is 60.0 Å². The standard InChI is InChI=1S/C18H34N4O3S/c1-17(2,3)22(18(4,5)6)12-14(23-7)13-25-16-15(19-26-20-16)21-8-10-24-11-9-21/h14H,8-13H2,1-7H3/t14-/m0/s1. The molecule has 1 aliphatic rings. The smallest absolute Gasteiger partial charge is 0.270 e. The van der Waals surface area contributed by atoms with Gasteiger partial charge in [0.15, 0.2) is 0 Å². The van der Waals surface area contributed by atoms with Crippen molar-refractivity contribution in [3.63, 3.8) is 0 Å².